The Labute approximate surface area is 154 Å². The molecular weight excluding hydrogens is 405 g/mol. The summed E-state index contributed by atoms with van der Waals surface area (Å²) in [5.41, 5.74) is 1.23. The Morgan fingerprint density at radius 3 is 2.78 bits per heavy atom. The Morgan fingerprint density at radius 1 is 1.22 bits per heavy atom. The summed E-state index contributed by atoms with van der Waals surface area (Å²) in [6.07, 6.45) is 2.57. The third-order valence-corrected chi connectivity index (χ3v) is 3.16. The summed E-state index contributed by atoms with van der Waals surface area (Å²) in [6, 6.07) is 11.9. The molecule has 23 heavy (non-hydrogen) atoms. The molecule has 2 N–H and O–H groups in total. The van der Waals surface area contributed by atoms with E-state index in [1.807, 2.05) is 31.2 Å². The standard InChI is InChI=1S/C17H23N3O2.HI/c1-3-18-17(20-13-16-8-5-11-22-16)19-10-9-14-6-4-7-15(12-14)21-2;/h4-8,11-12H,3,9-10,13H2,1-2H3,(H2,18,19,20);1H. The van der Waals surface area contributed by atoms with E-state index in [0.29, 0.717) is 6.54 Å². The molecule has 0 saturated carbocycles. The third kappa shape index (κ3) is 6.94. The number of hydrogen-bond donors (Lipinski definition) is 2. The van der Waals surface area contributed by atoms with Crippen molar-refractivity contribution in [3.8, 4) is 5.75 Å². The SMILES string of the molecule is CCNC(=NCc1ccco1)NCCc1cccc(OC)c1.I. The second kappa shape index (κ2) is 10.9. The number of furan rings is 1. The first-order chi connectivity index (χ1) is 10.8. The van der Waals surface area contributed by atoms with Gasteiger partial charge in [0.05, 0.1) is 13.4 Å². The molecule has 1 heterocycles. The Morgan fingerprint density at radius 2 is 2.09 bits per heavy atom. The number of halogens is 1. The molecule has 0 atom stereocenters. The van der Waals surface area contributed by atoms with Crippen molar-refractivity contribution in [2.45, 2.75) is 19.9 Å². The van der Waals surface area contributed by atoms with Gasteiger partial charge in [-0.05, 0) is 43.2 Å². The minimum Gasteiger partial charge on any atom is -0.497 e. The normalized spacial score (nSPS) is 10.8. The largest absolute Gasteiger partial charge is 0.497 e. The van der Waals surface area contributed by atoms with Gasteiger partial charge in [0.15, 0.2) is 5.96 Å². The molecule has 2 aromatic rings. The molecule has 0 aliphatic rings. The Kier molecular flexibility index (Phi) is 9.20. The van der Waals surface area contributed by atoms with Crippen LogP contribution in [0.25, 0.3) is 0 Å². The number of nitrogens with zero attached hydrogens (tertiary/aromatic N) is 1. The lowest BCUT2D eigenvalue weighted by Gasteiger charge is -2.11. The Balaban J connectivity index is 0.00000264. The predicted molar refractivity (Wildman–Crippen MR) is 104 cm³/mol. The fourth-order valence-electron chi connectivity index (χ4n) is 2.05. The molecule has 0 bridgehead atoms. The van der Waals surface area contributed by atoms with E-state index in [9.17, 15) is 0 Å². The van der Waals surface area contributed by atoms with Crippen LogP contribution >= 0.6 is 24.0 Å². The summed E-state index contributed by atoms with van der Waals surface area (Å²) >= 11 is 0. The monoisotopic (exact) mass is 429 g/mol. The molecule has 6 heteroatoms. The zero-order valence-corrected chi connectivity index (χ0v) is 15.9. The number of guanidine groups is 1. The van der Waals surface area contributed by atoms with E-state index in [4.69, 9.17) is 9.15 Å². The summed E-state index contributed by atoms with van der Waals surface area (Å²) < 4.78 is 10.5. The second-order valence-corrected chi connectivity index (χ2v) is 4.80. The number of rotatable bonds is 7. The third-order valence-electron chi connectivity index (χ3n) is 3.16. The van der Waals surface area contributed by atoms with Crippen LogP contribution < -0.4 is 15.4 Å². The van der Waals surface area contributed by atoms with Gasteiger partial charge >= 0.3 is 0 Å². The van der Waals surface area contributed by atoms with Crippen molar-refractivity contribution < 1.29 is 9.15 Å². The lowest BCUT2D eigenvalue weighted by atomic mass is 10.1. The molecule has 1 aromatic heterocycles. The molecule has 0 amide bonds. The molecule has 2 rings (SSSR count). The van der Waals surface area contributed by atoms with Crippen molar-refractivity contribution in [3.63, 3.8) is 0 Å². The van der Waals surface area contributed by atoms with E-state index in [1.54, 1.807) is 13.4 Å². The van der Waals surface area contributed by atoms with Gasteiger partial charge in [-0.2, -0.15) is 0 Å². The highest BCUT2D eigenvalue weighted by atomic mass is 127. The molecule has 0 unspecified atom stereocenters. The zero-order chi connectivity index (χ0) is 15.6. The van der Waals surface area contributed by atoms with Gasteiger partial charge in [-0.3, -0.25) is 0 Å². The zero-order valence-electron chi connectivity index (χ0n) is 13.5. The number of nitrogens with one attached hydrogen (secondary N) is 2. The maximum Gasteiger partial charge on any atom is 0.191 e. The fourth-order valence-corrected chi connectivity index (χ4v) is 2.05. The van der Waals surface area contributed by atoms with Crippen LogP contribution in [-0.4, -0.2) is 26.2 Å². The number of ether oxygens (including phenoxy) is 1. The van der Waals surface area contributed by atoms with Crippen molar-refractivity contribution >= 4 is 29.9 Å². The van der Waals surface area contributed by atoms with Crippen molar-refractivity contribution in [1.82, 2.24) is 10.6 Å². The van der Waals surface area contributed by atoms with E-state index in [0.717, 1.165) is 37.0 Å². The van der Waals surface area contributed by atoms with Crippen LogP contribution in [0.5, 0.6) is 5.75 Å². The summed E-state index contributed by atoms with van der Waals surface area (Å²) in [4.78, 5) is 4.50. The molecule has 0 aliphatic heterocycles. The molecule has 0 saturated heterocycles. The average molecular weight is 429 g/mol. The highest BCUT2D eigenvalue weighted by Crippen LogP contribution is 2.12. The maximum absolute atomic E-state index is 5.28. The topological polar surface area (TPSA) is 58.8 Å². The van der Waals surface area contributed by atoms with Crippen molar-refractivity contribution in [2.24, 2.45) is 4.99 Å². The van der Waals surface area contributed by atoms with Crippen LogP contribution in [0, 0.1) is 0 Å². The van der Waals surface area contributed by atoms with Crippen molar-refractivity contribution in [3.05, 3.63) is 54.0 Å². The highest BCUT2D eigenvalue weighted by Gasteiger charge is 2.00. The van der Waals surface area contributed by atoms with E-state index in [1.165, 1.54) is 5.56 Å². The minimum absolute atomic E-state index is 0. The summed E-state index contributed by atoms with van der Waals surface area (Å²) in [5.74, 6) is 2.53. The smallest absolute Gasteiger partial charge is 0.191 e. The first-order valence-electron chi connectivity index (χ1n) is 7.49. The van der Waals surface area contributed by atoms with Gasteiger partial charge in [0.25, 0.3) is 0 Å². The molecule has 0 radical (unpaired) electrons. The van der Waals surface area contributed by atoms with Crippen LogP contribution in [0.3, 0.4) is 0 Å². The van der Waals surface area contributed by atoms with Crippen LogP contribution in [0.15, 0.2) is 52.1 Å². The van der Waals surface area contributed by atoms with Crippen molar-refractivity contribution in [1.29, 1.82) is 0 Å². The molecule has 126 valence electrons. The predicted octanol–water partition coefficient (Wildman–Crippen LogP) is 3.20. The van der Waals surface area contributed by atoms with E-state index in [-0.39, 0.29) is 24.0 Å². The Bertz CT molecular complexity index is 585. The van der Waals surface area contributed by atoms with Gasteiger partial charge in [-0.25, -0.2) is 4.99 Å². The summed E-state index contributed by atoms with van der Waals surface area (Å²) in [7, 11) is 1.68. The van der Waals surface area contributed by atoms with Gasteiger partial charge in [-0.15, -0.1) is 24.0 Å². The molecule has 5 nitrogen and oxygen atoms in total. The van der Waals surface area contributed by atoms with Crippen LogP contribution in [0.2, 0.25) is 0 Å². The summed E-state index contributed by atoms with van der Waals surface area (Å²) in [5, 5.41) is 6.55. The quantitative estimate of drug-likeness (QED) is 0.403. The molecular formula is C17H24IN3O2. The summed E-state index contributed by atoms with van der Waals surface area (Å²) in [6.45, 7) is 4.20. The van der Waals surface area contributed by atoms with Gasteiger partial charge in [0, 0.05) is 13.1 Å². The van der Waals surface area contributed by atoms with Crippen molar-refractivity contribution in [2.75, 3.05) is 20.2 Å². The van der Waals surface area contributed by atoms with Gasteiger partial charge < -0.3 is 19.8 Å². The second-order valence-electron chi connectivity index (χ2n) is 4.80. The van der Waals surface area contributed by atoms with E-state index < -0.39 is 0 Å². The van der Waals surface area contributed by atoms with Gasteiger partial charge in [0.1, 0.15) is 18.1 Å². The fraction of sp³-hybridized carbons (Fsp3) is 0.353. The molecule has 1 aromatic carbocycles. The minimum atomic E-state index is 0. The Hall–Kier alpha value is -1.70. The highest BCUT2D eigenvalue weighted by molar-refractivity contribution is 14.0. The number of hydrogen-bond acceptors (Lipinski definition) is 3. The first-order valence-corrected chi connectivity index (χ1v) is 7.49. The maximum atomic E-state index is 5.28. The lowest BCUT2D eigenvalue weighted by molar-refractivity contribution is 0.414. The average Bonchev–Trinajstić information content (AvgIpc) is 3.06. The first kappa shape index (κ1) is 19.3. The van der Waals surface area contributed by atoms with Crippen LogP contribution in [0.1, 0.15) is 18.2 Å². The number of methoxy groups -OCH3 is 1. The molecule has 0 spiro atoms. The number of aliphatic imine (C=N–C) groups is 1. The van der Waals surface area contributed by atoms with Crippen LogP contribution in [-0.2, 0) is 13.0 Å². The lowest BCUT2D eigenvalue weighted by Crippen LogP contribution is -2.38. The number of benzene rings is 1. The molecule has 0 fully saturated rings. The van der Waals surface area contributed by atoms with Gasteiger partial charge in [-0.1, -0.05) is 12.1 Å². The molecule has 0 aliphatic carbocycles. The van der Waals surface area contributed by atoms with Gasteiger partial charge in [0.2, 0.25) is 0 Å². The van der Waals surface area contributed by atoms with E-state index in [2.05, 4.69) is 27.8 Å². The van der Waals surface area contributed by atoms with Crippen LogP contribution in [0.4, 0.5) is 0 Å². The van der Waals surface area contributed by atoms with E-state index >= 15 is 0 Å².